The number of esters is 2. The van der Waals surface area contributed by atoms with Crippen molar-refractivity contribution in [1.29, 1.82) is 0 Å². The van der Waals surface area contributed by atoms with Crippen LogP contribution in [0.25, 0.3) is 0 Å². The van der Waals surface area contributed by atoms with E-state index in [0.29, 0.717) is 25.0 Å². The number of rotatable bonds is 27. The quantitative estimate of drug-likeness (QED) is 0.0501. The molecule has 2 aliphatic carbocycles. The first kappa shape index (κ1) is 47.1. The van der Waals surface area contributed by atoms with Crippen molar-refractivity contribution in [2.24, 2.45) is 23.7 Å². The van der Waals surface area contributed by atoms with Crippen molar-refractivity contribution in [3.8, 4) is 11.5 Å². The molecule has 322 valence electrons. The van der Waals surface area contributed by atoms with E-state index in [-0.39, 0.29) is 26.4 Å². The van der Waals surface area contributed by atoms with E-state index in [2.05, 4.69) is 38.2 Å². The second-order valence-electron chi connectivity index (χ2n) is 16.3. The minimum absolute atomic E-state index is 0.0604. The summed E-state index contributed by atoms with van der Waals surface area (Å²) >= 11 is 0. The summed E-state index contributed by atoms with van der Waals surface area (Å²) in [7, 11) is 0. The van der Waals surface area contributed by atoms with E-state index < -0.39 is 24.1 Å². The molecule has 0 unspecified atom stereocenters. The lowest BCUT2D eigenvalue weighted by molar-refractivity contribution is -0.185. The Morgan fingerprint density at radius 2 is 0.931 bits per heavy atom. The van der Waals surface area contributed by atoms with Crippen LogP contribution < -0.4 is 9.47 Å². The highest BCUT2D eigenvalue weighted by molar-refractivity contribution is 5.85. The van der Waals surface area contributed by atoms with Crippen LogP contribution in [0.15, 0.2) is 72.8 Å². The van der Waals surface area contributed by atoms with Gasteiger partial charge in [0.25, 0.3) is 0 Å². The lowest BCUT2D eigenvalue weighted by atomic mass is 9.79. The fourth-order valence-electron chi connectivity index (χ4n) is 8.23. The Morgan fingerprint density at radius 3 is 1.28 bits per heavy atom. The molecule has 0 bridgehead atoms. The Hall–Kier alpha value is -3.62. The van der Waals surface area contributed by atoms with E-state index in [1.807, 2.05) is 48.5 Å². The summed E-state index contributed by atoms with van der Waals surface area (Å²) < 4.78 is 34.7. The molecule has 2 aromatic carbocycles. The molecule has 58 heavy (non-hydrogen) atoms. The van der Waals surface area contributed by atoms with Crippen molar-refractivity contribution in [1.82, 2.24) is 0 Å². The van der Waals surface area contributed by atoms with Crippen LogP contribution in [-0.2, 0) is 41.8 Å². The normalized spacial score (nSPS) is 20.8. The second kappa shape index (κ2) is 28.0. The first-order valence-electron chi connectivity index (χ1n) is 22.7. The molecule has 8 nitrogen and oxygen atoms in total. The van der Waals surface area contributed by atoms with Gasteiger partial charge in [-0.1, -0.05) is 114 Å². The molecule has 0 aliphatic heterocycles. The lowest BCUT2D eigenvalue weighted by Gasteiger charge is -2.26. The Bertz CT molecular complexity index is 1340. The van der Waals surface area contributed by atoms with E-state index in [4.69, 9.17) is 28.4 Å². The third kappa shape index (κ3) is 17.7. The van der Waals surface area contributed by atoms with Gasteiger partial charge in [-0.3, -0.25) is 0 Å². The van der Waals surface area contributed by atoms with Crippen LogP contribution in [0.1, 0.15) is 142 Å². The van der Waals surface area contributed by atoms with Crippen LogP contribution in [0.4, 0.5) is 0 Å². The van der Waals surface area contributed by atoms with Gasteiger partial charge in [-0.05, 0) is 124 Å². The zero-order valence-electron chi connectivity index (χ0n) is 36.2. The Kier molecular flexibility index (Phi) is 22.7. The molecule has 0 aromatic heterocycles. The highest BCUT2D eigenvalue weighted by Crippen LogP contribution is 2.34. The van der Waals surface area contributed by atoms with Crippen LogP contribution in [0.3, 0.4) is 0 Å². The van der Waals surface area contributed by atoms with Crippen molar-refractivity contribution in [2.45, 2.75) is 156 Å². The van der Waals surface area contributed by atoms with Crippen molar-refractivity contribution < 1.29 is 38.0 Å². The van der Waals surface area contributed by atoms with E-state index in [0.717, 1.165) is 34.5 Å². The maximum atomic E-state index is 13.2. The third-order valence-electron chi connectivity index (χ3n) is 11.7. The van der Waals surface area contributed by atoms with Crippen LogP contribution in [-0.4, -0.2) is 50.6 Å². The van der Waals surface area contributed by atoms with Crippen molar-refractivity contribution >= 4 is 11.9 Å². The molecule has 0 saturated heterocycles. The van der Waals surface area contributed by atoms with Crippen molar-refractivity contribution in [3.05, 3.63) is 84.0 Å². The van der Waals surface area contributed by atoms with E-state index in [1.54, 1.807) is 13.8 Å². The molecular weight excluding hydrogens is 729 g/mol. The predicted octanol–water partition coefficient (Wildman–Crippen LogP) is 11.9. The number of carbonyl (C=O) groups excluding carboxylic acids is 2. The van der Waals surface area contributed by atoms with Gasteiger partial charge in [-0.15, -0.1) is 0 Å². The molecule has 2 fully saturated rings. The Balaban J connectivity index is 1.22. The van der Waals surface area contributed by atoms with Gasteiger partial charge in [-0.25, -0.2) is 9.59 Å². The van der Waals surface area contributed by atoms with Crippen molar-refractivity contribution in [3.63, 3.8) is 0 Å². The lowest BCUT2D eigenvalue weighted by Crippen LogP contribution is -2.45. The second-order valence-corrected chi connectivity index (χ2v) is 16.3. The monoisotopic (exact) mass is 803 g/mol. The molecule has 0 N–H and O–H groups in total. The molecule has 2 atom stereocenters. The maximum Gasteiger partial charge on any atom is 0.338 e. The van der Waals surface area contributed by atoms with E-state index in [9.17, 15) is 9.59 Å². The van der Waals surface area contributed by atoms with Gasteiger partial charge in [0.05, 0.1) is 26.4 Å². The molecule has 2 saturated carbocycles. The van der Waals surface area contributed by atoms with Gasteiger partial charge < -0.3 is 28.4 Å². The smallest absolute Gasteiger partial charge is 0.338 e. The summed E-state index contributed by atoms with van der Waals surface area (Å²) in [6.45, 7) is 9.38. The summed E-state index contributed by atoms with van der Waals surface area (Å²) in [6.07, 6.45) is 27.6. The number of carbonyl (C=O) groups is 2. The molecule has 0 spiro atoms. The number of unbranched alkanes of at least 4 members (excludes halogenated alkanes) is 4. The highest BCUT2D eigenvalue weighted by atomic mass is 16.6. The first-order valence-corrected chi connectivity index (χ1v) is 22.7. The third-order valence-corrected chi connectivity index (χ3v) is 11.7. The molecule has 2 aliphatic rings. The average molecular weight is 803 g/mol. The number of benzene rings is 2. The van der Waals surface area contributed by atoms with Gasteiger partial charge in [0, 0.05) is 0 Å². The van der Waals surface area contributed by atoms with E-state index in [1.165, 1.54) is 103 Å². The molecule has 0 heterocycles. The van der Waals surface area contributed by atoms with Gasteiger partial charge in [-0.2, -0.15) is 0 Å². The van der Waals surface area contributed by atoms with Gasteiger partial charge in [0.1, 0.15) is 24.7 Å². The van der Waals surface area contributed by atoms with Gasteiger partial charge in [0.15, 0.2) is 12.2 Å². The van der Waals surface area contributed by atoms with Crippen LogP contribution in [0, 0.1) is 23.7 Å². The van der Waals surface area contributed by atoms with Crippen molar-refractivity contribution in [2.75, 3.05) is 26.4 Å². The zero-order chi connectivity index (χ0) is 41.2. The fraction of sp³-hybridized carbons (Fsp3) is 0.640. The SMILES string of the molecule is CCCCCC1CCC(/C=C/COc2ccc(CO[C@@H](C(=O)OCC)[C@@H](OCc3ccc(OC/C=C/C4CCC(CCCCC)CC4)cc3)C(=O)OCC)cc2)CC1. The summed E-state index contributed by atoms with van der Waals surface area (Å²) in [5, 5.41) is 0. The summed E-state index contributed by atoms with van der Waals surface area (Å²) in [4.78, 5) is 26.3. The Morgan fingerprint density at radius 1 is 0.552 bits per heavy atom. The number of hydrogen-bond donors (Lipinski definition) is 0. The minimum atomic E-state index is -1.32. The Labute approximate surface area is 350 Å². The molecule has 4 rings (SSSR count). The first-order chi connectivity index (χ1) is 28.4. The van der Waals surface area contributed by atoms with Gasteiger partial charge >= 0.3 is 11.9 Å². The number of allylic oxidation sites excluding steroid dienone is 2. The molecule has 0 radical (unpaired) electrons. The summed E-state index contributed by atoms with van der Waals surface area (Å²) in [5.74, 6) is 3.25. The molecule has 0 amide bonds. The van der Waals surface area contributed by atoms with Crippen LogP contribution in [0.5, 0.6) is 11.5 Å². The summed E-state index contributed by atoms with van der Waals surface area (Å²) in [6, 6.07) is 15.1. The maximum absolute atomic E-state index is 13.2. The standard InChI is InChI=1S/C50H74O8/c1-5-9-11-15-39-19-23-41(24-20-39)17-13-35-55-45-31-27-43(28-32-45)37-57-47(49(51)53-7-3)48(50(52)54-8-4)58-38-44-29-33-46(34-30-44)56-36-14-18-42-25-21-40(22-26-42)16-12-10-6-2/h13-14,17-18,27-34,39-42,47-48H,5-12,15-16,19-26,35-38H2,1-4H3/b17-13+,18-14+/t39?,40?,41?,42?,47-,48-/m1/s1. The average Bonchev–Trinajstić information content (AvgIpc) is 3.24. The fourth-order valence-corrected chi connectivity index (χ4v) is 8.23. The zero-order valence-corrected chi connectivity index (χ0v) is 36.2. The van der Waals surface area contributed by atoms with E-state index >= 15 is 0 Å². The molecular formula is C50H74O8. The van der Waals surface area contributed by atoms with Gasteiger partial charge in [0.2, 0.25) is 0 Å². The summed E-state index contributed by atoms with van der Waals surface area (Å²) in [5.41, 5.74) is 1.62. The largest absolute Gasteiger partial charge is 0.490 e. The minimum Gasteiger partial charge on any atom is -0.490 e. The number of hydrogen-bond acceptors (Lipinski definition) is 8. The highest BCUT2D eigenvalue weighted by Gasteiger charge is 2.38. The molecule has 2 aromatic rings. The predicted molar refractivity (Wildman–Crippen MR) is 232 cm³/mol. The van der Waals surface area contributed by atoms with Crippen LogP contribution >= 0.6 is 0 Å². The molecule has 8 heteroatoms. The van der Waals surface area contributed by atoms with Crippen LogP contribution in [0.2, 0.25) is 0 Å². The number of ether oxygens (including phenoxy) is 6. The topological polar surface area (TPSA) is 89.5 Å².